The van der Waals surface area contributed by atoms with E-state index < -0.39 is 27.8 Å². The number of amides is 2. The highest BCUT2D eigenvalue weighted by atomic mass is 35.5. The summed E-state index contributed by atoms with van der Waals surface area (Å²) in [6.07, 6.45) is -0.304. The van der Waals surface area contributed by atoms with Crippen LogP contribution in [0.25, 0.3) is 4.72 Å². The molecule has 0 saturated carbocycles. The molecule has 14 heteroatoms. The smallest absolute Gasteiger partial charge is 0.338 e. The van der Waals surface area contributed by atoms with E-state index in [4.69, 9.17) is 27.9 Å². The van der Waals surface area contributed by atoms with E-state index in [0.29, 0.717) is 0 Å². The van der Waals surface area contributed by atoms with Crippen LogP contribution in [0.3, 0.4) is 0 Å². The molecule has 0 unspecified atom stereocenters. The predicted molar refractivity (Wildman–Crippen MR) is 140 cm³/mol. The number of benzene rings is 2. The van der Waals surface area contributed by atoms with E-state index in [0.717, 1.165) is 4.90 Å². The highest BCUT2D eigenvalue weighted by molar-refractivity contribution is 7.94. The number of carbonyl (C=O) groups excluding carboxylic acids is 3. The van der Waals surface area contributed by atoms with E-state index in [2.05, 4.69) is 20.2 Å². The minimum Gasteiger partial charge on any atom is -0.459 e. The lowest BCUT2D eigenvalue weighted by molar-refractivity contribution is -0.120. The maximum Gasteiger partial charge on any atom is 0.338 e. The van der Waals surface area contributed by atoms with Gasteiger partial charge in [-0.25, -0.2) is 23.2 Å². The molecule has 4 rings (SSSR count). The molecule has 0 fully saturated rings. The van der Waals surface area contributed by atoms with Crippen LogP contribution >= 0.6 is 23.2 Å². The zero-order valence-corrected chi connectivity index (χ0v) is 22.1. The molecular weight excluding hydrogens is 557 g/mol. The lowest BCUT2D eigenvalue weighted by Crippen LogP contribution is -2.32. The van der Waals surface area contributed by atoms with Crippen molar-refractivity contribution in [1.82, 2.24) is 10.2 Å². The van der Waals surface area contributed by atoms with Crippen molar-refractivity contribution in [2.75, 3.05) is 10.2 Å². The molecule has 2 amide bonds. The Morgan fingerprint density at radius 3 is 2.18 bits per heavy atom. The van der Waals surface area contributed by atoms with Crippen LogP contribution in [-0.4, -0.2) is 42.5 Å². The third-order valence-corrected chi connectivity index (χ3v) is 6.83. The minimum atomic E-state index is -4.11. The van der Waals surface area contributed by atoms with Crippen LogP contribution in [0.5, 0.6) is 0 Å². The number of esters is 1. The molecule has 0 radical (unpaired) electrons. The summed E-state index contributed by atoms with van der Waals surface area (Å²) in [5.41, 5.74) is 0.545. The number of rotatable bonds is 8. The second-order valence-electron chi connectivity index (χ2n) is 8.07. The molecule has 196 valence electrons. The molecule has 0 bridgehead atoms. The van der Waals surface area contributed by atoms with E-state index in [-0.39, 0.29) is 49.6 Å². The molecule has 0 atom stereocenters. The maximum atomic E-state index is 13.0. The molecule has 1 N–H and O–H groups in total. The van der Waals surface area contributed by atoms with Gasteiger partial charge in [0.15, 0.2) is 0 Å². The summed E-state index contributed by atoms with van der Waals surface area (Å²) in [5, 5.41) is 9.63. The fraction of sp³-hybridized carbons (Fsp3) is 0.125. The SMILES string of the molecule is CC(C)OC(=O)c1ccc(N2C(=O)C(Cl)=C(Nc3ccc(S(=O)(=O)[N-]c4ccc(Cl)nn4)cc3)C2=O)cc1. The van der Waals surface area contributed by atoms with Crippen LogP contribution in [0.2, 0.25) is 5.15 Å². The topological polar surface area (TPSA) is 150 Å². The van der Waals surface area contributed by atoms with Gasteiger partial charge >= 0.3 is 5.97 Å². The maximum absolute atomic E-state index is 13.0. The first-order valence-corrected chi connectivity index (χ1v) is 13.1. The minimum absolute atomic E-state index is 0.0894. The summed E-state index contributed by atoms with van der Waals surface area (Å²) >= 11 is 11.8. The van der Waals surface area contributed by atoms with Crippen molar-refractivity contribution in [3.05, 3.63) is 86.8 Å². The number of nitrogens with zero attached hydrogens (tertiary/aromatic N) is 4. The first-order chi connectivity index (χ1) is 18.0. The standard InChI is InChI=1S/C24H19Cl2N5O6S/c1-13(2)37-24(34)14-3-7-16(8-4-14)31-22(32)20(26)21(23(31)33)27-15-5-9-17(10-6-15)38(35,36)30-19-12-11-18(25)28-29-19/h3-13H,1-2H3,(H2,27,29,30,32)/p-1. The number of nitrogens with one attached hydrogen (secondary N) is 1. The monoisotopic (exact) mass is 574 g/mol. The molecule has 3 aromatic rings. The van der Waals surface area contributed by atoms with Gasteiger partial charge in [0.05, 0.1) is 22.3 Å². The van der Waals surface area contributed by atoms with Crippen molar-refractivity contribution >= 4 is 68.2 Å². The van der Waals surface area contributed by atoms with Gasteiger partial charge in [-0.05, 0) is 74.3 Å². The van der Waals surface area contributed by atoms with Gasteiger partial charge in [-0.15, -0.1) is 0 Å². The highest BCUT2D eigenvalue weighted by Gasteiger charge is 2.39. The second-order valence-corrected chi connectivity index (χ2v) is 10.4. The Hall–Kier alpha value is -4.00. The fourth-order valence-electron chi connectivity index (χ4n) is 3.26. The number of sulfonamides is 1. The van der Waals surface area contributed by atoms with Crippen molar-refractivity contribution in [3.63, 3.8) is 0 Å². The van der Waals surface area contributed by atoms with E-state index in [9.17, 15) is 22.8 Å². The van der Waals surface area contributed by atoms with Crippen molar-refractivity contribution < 1.29 is 27.5 Å². The number of ether oxygens (including phenoxy) is 1. The van der Waals surface area contributed by atoms with Crippen LogP contribution < -0.4 is 10.2 Å². The van der Waals surface area contributed by atoms with E-state index in [1.54, 1.807) is 13.8 Å². The van der Waals surface area contributed by atoms with Gasteiger partial charge in [-0.3, -0.25) is 9.59 Å². The third-order valence-electron chi connectivity index (χ3n) is 4.98. The molecule has 0 aliphatic carbocycles. The van der Waals surface area contributed by atoms with E-state index >= 15 is 0 Å². The lowest BCUT2D eigenvalue weighted by atomic mass is 10.2. The average molecular weight is 575 g/mol. The molecule has 38 heavy (non-hydrogen) atoms. The molecule has 0 spiro atoms. The Labute approximate surface area is 227 Å². The number of hydrogen-bond donors (Lipinski definition) is 1. The van der Waals surface area contributed by atoms with Crippen molar-refractivity contribution in [3.8, 4) is 0 Å². The van der Waals surface area contributed by atoms with Gasteiger partial charge in [0.2, 0.25) is 10.0 Å². The van der Waals surface area contributed by atoms with E-state index in [1.165, 1.54) is 60.7 Å². The van der Waals surface area contributed by atoms with Crippen LogP contribution in [0, 0.1) is 0 Å². The predicted octanol–water partition coefficient (Wildman–Crippen LogP) is 4.53. The normalized spacial score (nSPS) is 13.8. The molecule has 1 aliphatic rings. The zero-order chi connectivity index (χ0) is 27.6. The second kappa shape index (κ2) is 10.8. The Balaban J connectivity index is 1.47. The van der Waals surface area contributed by atoms with Crippen molar-refractivity contribution in [2.45, 2.75) is 24.8 Å². The summed E-state index contributed by atoms with van der Waals surface area (Å²) in [5.74, 6) is -2.18. The molecule has 11 nitrogen and oxygen atoms in total. The number of hydrogen-bond acceptors (Lipinski definition) is 9. The summed E-state index contributed by atoms with van der Waals surface area (Å²) in [6.45, 7) is 3.43. The quantitative estimate of drug-likeness (QED) is 0.302. The van der Waals surface area contributed by atoms with Gasteiger partial charge in [0.1, 0.15) is 15.9 Å². The Morgan fingerprint density at radius 1 is 0.947 bits per heavy atom. The number of halogens is 2. The molecule has 2 aromatic carbocycles. The van der Waals surface area contributed by atoms with Crippen LogP contribution in [0.4, 0.5) is 17.2 Å². The van der Waals surface area contributed by atoms with Gasteiger partial charge in [0, 0.05) is 5.69 Å². The number of anilines is 2. The van der Waals surface area contributed by atoms with Crippen LogP contribution in [0.1, 0.15) is 24.2 Å². The Morgan fingerprint density at radius 2 is 1.61 bits per heavy atom. The van der Waals surface area contributed by atoms with Crippen LogP contribution in [0.15, 0.2) is 76.3 Å². The summed E-state index contributed by atoms with van der Waals surface area (Å²) in [4.78, 5) is 38.5. The summed E-state index contributed by atoms with van der Waals surface area (Å²) in [6, 6.07) is 13.6. The number of aromatic nitrogens is 2. The highest BCUT2D eigenvalue weighted by Crippen LogP contribution is 2.31. The molecule has 0 saturated heterocycles. The third kappa shape index (κ3) is 5.77. The van der Waals surface area contributed by atoms with Crippen LogP contribution in [-0.2, 0) is 24.3 Å². The number of carbonyl (C=O) groups is 3. The average Bonchev–Trinajstić information content (AvgIpc) is 3.08. The molecule has 2 heterocycles. The van der Waals surface area contributed by atoms with Gasteiger partial charge in [-0.2, -0.15) is 0 Å². The molecule has 1 aliphatic heterocycles. The fourth-order valence-corrected chi connectivity index (χ4v) is 4.51. The Bertz CT molecular complexity index is 1540. The van der Waals surface area contributed by atoms with E-state index in [1.807, 2.05) is 0 Å². The Kier molecular flexibility index (Phi) is 7.67. The molecular formula is C24H18Cl2N5O6S-. The van der Waals surface area contributed by atoms with Gasteiger partial charge < -0.3 is 19.9 Å². The molecule has 1 aromatic heterocycles. The van der Waals surface area contributed by atoms with Crippen molar-refractivity contribution in [2.24, 2.45) is 0 Å². The first kappa shape index (κ1) is 27.0. The summed E-state index contributed by atoms with van der Waals surface area (Å²) < 4.78 is 33.8. The number of imide groups is 1. The first-order valence-electron chi connectivity index (χ1n) is 10.9. The summed E-state index contributed by atoms with van der Waals surface area (Å²) in [7, 11) is -4.11. The van der Waals surface area contributed by atoms with Crippen molar-refractivity contribution in [1.29, 1.82) is 0 Å². The van der Waals surface area contributed by atoms with Gasteiger partial charge in [-0.1, -0.05) is 29.3 Å². The zero-order valence-electron chi connectivity index (χ0n) is 19.8. The largest absolute Gasteiger partial charge is 0.459 e. The van der Waals surface area contributed by atoms with Gasteiger partial charge in [0.25, 0.3) is 11.8 Å². The lowest BCUT2D eigenvalue weighted by Gasteiger charge is -2.16.